The molecule has 1 aliphatic rings. The number of benzene rings is 1. The number of rotatable bonds is 5. The van der Waals surface area contributed by atoms with Gasteiger partial charge in [0.05, 0.1) is 6.04 Å². The summed E-state index contributed by atoms with van der Waals surface area (Å²) in [6.07, 6.45) is 3.50. The molecule has 1 aromatic carbocycles. The Bertz CT molecular complexity index is 1040. The van der Waals surface area contributed by atoms with Crippen molar-refractivity contribution in [3.63, 3.8) is 0 Å². The van der Waals surface area contributed by atoms with Gasteiger partial charge in [-0.05, 0) is 43.7 Å². The van der Waals surface area contributed by atoms with E-state index in [2.05, 4.69) is 20.6 Å². The van der Waals surface area contributed by atoms with E-state index in [1.165, 1.54) is 4.68 Å². The molecule has 6 N–H and O–H groups in total. The van der Waals surface area contributed by atoms with Gasteiger partial charge < -0.3 is 22.2 Å². The van der Waals surface area contributed by atoms with E-state index in [0.717, 1.165) is 19.4 Å². The molecule has 1 fully saturated rings. The first kappa shape index (κ1) is 18.6. The highest BCUT2D eigenvalue weighted by atomic mass is 16.2. The lowest BCUT2D eigenvalue weighted by atomic mass is 10.1. The Morgan fingerprint density at radius 1 is 1.17 bits per heavy atom. The molecule has 1 aliphatic heterocycles. The fourth-order valence-electron chi connectivity index (χ4n) is 3.44. The molecule has 3 heterocycles. The van der Waals surface area contributed by atoms with Crippen molar-refractivity contribution in [2.24, 2.45) is 5.73 Å². The maximum absolute atomic E-state index is 12.4. The normalized spacial score (nSPS) is 15.9. The summed E-state index contributed by atoms with van der Waals surface area (Å²) in [5.74, 6) is 6.22. The zero-order valence-corrected chi connectivity index (χ0v) is 15.6. The Hall–Kier alpha value is -3.72. The van der Waals surface area contributed by atoms with Crippen LogP contribution in [-0.2, 0) is 0 Å². The van der Waals surface area contributed by atoms with Crippen LogP contribution in [-0.4, -0.2) is 33.0 Å². The second kappa shape index (κ2) is 7.72. The third-order valence-corrected chi connectivity index (χ3v) is 4.87. The van der Waals surface area contributed by atoms with Crippen LogP contribution in [0.3, 0.4) is 0 Å². The van der Waals surface area contributed by atoms with Crippen LogP contribution in [0.25, 0.3) is 11.3 Å². The first-order valence-electron chi connectivity index (χ1n) is 9.28. The molecule has 2 amide bonds. The number of carbonyl (C=O) groups excluding carboxylic acids is 2. The highest BCUT2D eigenvalue weighted by Crippen LogP contribution is 2.29. The van der Waals surface area contributed by atoms with Gasteiger partial charge in [0.25, 0.3) is 11.8 Å². The van der Waals surface area contributed by atoms with Crippen molar-refractivity contribution in [2.45, 2.75) is 18.9 Å². The smallest absolute Gasteiger partial charge is 0.269 e. The molecular formula is C20H21N7O2. The van der Waals surface area contributed by atoms with E-state index in [9.17, 15) is 9.59 Å². The van der Waals surface area contributed by atoms with Gasteiger partial charge in [0, 0.05) is 17.3 Å². The molecule has 1 atom stereocenters. The number of nitrogens with two attached hydrogens (primary N) is 2. The zero-order chi connectivity index (χ0) is 20.4. The van der Waals surface area contributed by atoms with Crippen LogP contribution in [0.2, 0.25) is 0 Å². The van der Waals surface area contributed by atoms with Gasteiger partial charge in [-0.15, -0.1) is 0 Å². The summed E-state index contributed by atoms with van der Waals surface area (Å²) in [6.45, 7) is 0.874. The number of imidazole rings is 1. The number of nitrogen functional groups attached to an aromatic ring is 1. The van der Waals surface area contributed by atoms with Gasteiger partial charge in [0.1, 0.15) is 17.3 Å². The van der Waals surface area contributed by atoms with Crippen molar-refractivity contribution >= 4 is 17.6 Å². The predicted molar refractivity (Wildman–Crippen MR) is 108 cm³/mol. The molecule has 1 unspecified atom stereocenters. The van der Waals surface area contributed by atoms with E-state index in [0.29, 0.717) is 28.5 Å². The largest absolute Gasteiger partial charge is 0.364 e. The van der Waals surface area contributed by atoms with Crippen molar-refractivity contribution in [3.8, 4) is 11.3 Å². The van der Waals surface area contributed by atoms with Crippen molar-refractivity contribution in [1.29, 1.82) is 0 Å². The highest BCUT2D eigenvalue weighted by Gasteiger charge is 2.27. The van der Waals surface area contributed by atoms with Crippen molar-refractivity contribution in [2.75, 3.05) is 17.7 Å². The summed E-state index contributed by atoms with van der Waals surface area (Å²) in [4.78, 5) is 33.1. The average Bonchev–Trinajstić information content (AvgIpc) is 3.36. The van der Waals surface area contributed by atoms with E-state index in [1.807, 2.05) is 0 Å². The van der Waals surface area contributed by atoms with Gasteiger partial charge in [0.2, 0.25) is 0 Å². The number of nitrogens with one attached hydrogen (secondary N) is 2. The number of primary amides is 1. The van der Waals surface area contributed by atoms with Gasteiger partial charge >= 0.3 is 0 Å². The van der Waals surface area contributed by atoms with E-state index in [-0.39, 0.29) is 17.6 Å². The first-order chi connectivity index (χ1) is 14.0. The molecule has 3 aromatic rings. The van der Waals surface area contributed by atoms with Crippen LogP contribution in [0.1, 0.15) is 45.6 Å². The summed E-state index contributed by atoms with van der Waals surface area (Å²) in [5, 5.41) is 6.04. The number of aromatic nitrogens is 3. The van der Waals surface area contributed by atoms with Crippen molar-refractivity contribution in [3.05, 3.63) is 65.7 Å². The lowest BCUT2D eigenvalue weighted by Crippen LogP contribution is -2.27. The quantitative estimate of drug-likeness (QED) is 0.485. The number of nitrogens with zero attached hydrogens (tertiary/aromatic N) is 3. The van der Waals surface area contributed by atoms with Crippen LogP contribution in [0, 0.1) is 0 Å². The Balaban J connectivity index is 1.62. The maximum Gasteiger partial charge on any atom is 0.269 e. The Kier molecular flexibility index (Phi) is 4.96. The summed E-state index contributed by atoms with van der Waals surface area (Å²) in [5.41, 5.74) is 7.20. The van der Waals surface area contributed by atoms with Crippen LogP contribution >= 0.6 is 0 Å². The summed E-state index contributed by atoms with van der Waals surface area (Å²) >= 11 is 0. The number of anilines is 1. The van der Waals surface area contributed by atoms with Crippen LogP contribution in [0.4, 0.5) is 5.82 Å². The standard InChI is InChI=1S/C20H21N7O2/c21-18(28)17-16(26-19(27(17)22)14-4-3-11-23-14)12-6-8-13(9-7-12)20(29)25-15-5-1-2-10-24-15/h1-2,5-10,14,23H,3-4,11,22H2,(H2,21,28)(H,24,25,29). The van der Waals surface area contributed by atoms with Crippen molar-refractivity contribution < 1.29 is 9.59 Å². The average molecular weight is 391 g/mol. The molecule has 4 rings (SSSR count). The van der Waals surface area contributed by atoms with Gasteiger partial charge in [-0.2, -0.15) is 0 Å². The summed E-state index contributed by atoms with van der Waals surface area (Å²) in [7, 11) is 0. The van der Waals surface area contributed by atoms with E-state index in [4.69, 9.17) is 11.6 Å². The molecule has 0 saturated carbocycles. The van der Waals surface area contributed by atoms with E-state index < -0.39 is 5.91 Å². The minimum absolute atomic E-state index is 0.0183. The number of amides is 2. The Morgan fingerprint density at radius 2 is 1.97 bits per heavy atom. The summed E-state index contributed by atoms with van der Waals surface area (Å²) < 4.78 is 1.27. The third kappa shape index (κ3) is 3.67. The van der Waals surface area contributed by atoms with E-state index >= 15 is 0 Å². The molecule has 0 aliphatic carbocycles. The lowest BCUT2D eigenvalue weighted by molar-refractivity contribution is 0.0991. The molecule has 1 saturated heterocycles. The monoisotopic (exact) mass is 391 g/mol. The molecule has 148 valence electrons. The summed E-state index contributed by atoms with van der Waals surface area (Å²) in [6, 6.07) is 12.0. The maximum atomic E-state index is 12.4. The molecule has 0 radical (unpaired) electrons. The molecule has 0 bridgehead atoms. The van der Waals surface area contributed by atoms with Crippen LogP contribution in [0.5, 0.6) is 0 Å². The third-order valence-electron chi connectivity index (χ3n) is 4.87. The predicted octanol–water partition coefficient (Wildman–Crippen LogP) is 1.43. The molecule has 9 nitrogen and oxygen atoms in total. The topological polar surface area (TPSA) is 141 Å². The SMILES string of the molecule is NC(=O)c1c(-c2ccc(C(=O)Nc3ccccn3)cc2)nc(C2CCCN2)n1N. The molecular weight excluding hydrogens is 370 g/mol. The van der Waals surface area contributed by atoms with Crippen molar-refractivity contribution in [1.82, 2.24) is 20.0 Å². The second-order valence-corrected chi connectivity index (χ2v) is 6.80. The zero-order valence-electron chi connectivity index (χ0n) is 15.6. The molecule has 0 spiro atoms. The van der Waals surface area contributed by atoms with Gasteiger partial charge in [-0.25, -0.2) is 14.6 Å². The fraction of sp³-hybridized carbons (Fsp3) is 0.200. The lowest BCUT2D eigenvalue weighted by Gasteiger charge is -2.09. The fourth-order valence-corrected chi connectivity index (χ4v) is 3.44. The van der Waals surface area contributed by atoms with Gasteiger partial charge in [0.15, 0.2) is 5.69 Å². The Labute approximate surface area is 167 Å². The minimum Gasteiger partial charge on any atom is -0.364 e. The molecule has 29 heavy (non-hydrogen) atoms. The van der Waals surface area contributed by atoms with E-state index in [1.54, 1.807) is 48.7 Å². The second-order valence-electron chi connectivity index (χ2n) is 6.80. The highest BCUT2D eigenvalue weighted by molar-refractivity contribution is 6.04. The number of hydrogen-bond donors (Lipinski definition) is 4. The molecule has 2 aromatic heterocycles. The Morgan fingerprint density at radius 3 is 2.59 bits per heavy atom. The number of pyridine rings is 1. The van der Waals surface area contributed by atoms with Gasteiger partial charge in [-0.3, -0.25) is 9.59 Å². The number of carbonyl (C=O) groups is 2. The van der Waals surface area contributed by atoms with Crippen LogP contribution in [0.15, 0.2) is 48.7 Å². The number of hydrogen-bond acceptors (Lipinski definition) is 6. The molecule has 9 heteroatoms. The van der Waals surface area contributed by atoms with Gasteiger partial charge in [-0.1, -0.05) is 18.2 Å². The van der Waals surface area contributed by atoms with Crippen LogP contribution < -0.4 is 22.2 Å². The first-order valence-corrected chi connectivity index (χ1v) is 9.28. The minimum atomic E-state index is -0.656.